The number of hydrogen-bond acceptors (Lipinski definition) is 5. The van der Waals surface area contributed by atoms with Crippen LogP contribution in [-0.4, -0.2) is 56.8 Å². The second-order valence-electron chi connectivity index (χ2n) is 9.24. The van der Waals surface area contributed by atoms with Crippen molar-refractivity contribution in [3.05, 3.63) is 54.1 Å². The largest absolute Gasteiger partial charge is 0.370 e. The first-order chi connectivity index (χ1) is 16.9. The first-order valence-electron chi connectivity index (χ1n) is 12.4. The van der Waals surface area contributed by atoms with E-state index in [2.05, 4.69) is 15.5 Å². The Morgan fingerprint density at radius 1 is 0.857 bits per heavy atom. The van der Waals surface area contributed by atoms with E-state index in [4.69, 9.17) is 0 Å². The van der Waals surface area contributed by atoms with Crippen LogP contribution in [0, 0.1) is 0 Å². The molecule has 35 heavy (non-hydrogen) atoms. The Morgan fingerprint density at radius 3 is 2.14 bits per heavy atom. The van der Waals surface area contributed by atoms with Crippen molar-refractivity contribution in [3.63, 3.8) is 0 Å². The zero-order valence-electron chi connectivity index (χ0n) is 20.2. The Balaban J connectivity index is 1.57. The fraction of sp³-hybridized carbons (Fsp3) is 0.462. The van der Waals surface area contributed by atoms with Crippen LogP contribution >= 0.6 is 0 Å². The molecule has 188 valence electrons. The lowest BCUT2D eigenvalue weighted by molar-refractivity contribution is -0.117. The number of carbonyl (C=O) groups is 2. The van der Waals surface area contributed by atoms with Crippen LogP contribution in [0.3, 0.4) is 0 Å². The molecule has 2 aromatic rings. The summed E-state index contributed by atoms with van der Waals surface area (Å²) >= 11 is 0. The van der Waals surface area contributed by atoms with E-state index in [1.165, 1.54) is 4.31 Å². The van der Waals surface area contributed by atoms with Crippen LogP contribution in [-0.2, 0) is 14.8 Å². The average molecular weight is 499 g/mol. The molecule has 0 radical (unpaired) electrons. The molecule has 2 fully saturated rings. The van der Waals surface area contributed by atoms with Gasteiger partial charge < -0.3 is 15.5 Å². The number of carbonyl (C=O) groups excluding carboxylic acids is 2. The Morgan fingerprint density at radius 2 is 1.49 bits per heavy atom. The minimum absolute atomic E-state index is 0.177. The van der Waals surface area contributed by atoms with Crippen molar-refractivity contribution in [1.29, 1.82) is 0 Å². The van der Waals surface area contributed by atoms with E-state index in [0.29, 0.717) is 24.3 Å². The van der Waals surface area contributed by atoms with E-state index >= 15 is 0 Å². The standard InChI is InChI=1S/C26H34N4O4S/c1-20(27-26(32)21-11-5-2-6-12-21)25(31)28-23-19-22(35(33,34)30-17-9-4-10-18-30)13-14-24(23)29-15-7-3-8-16-29/h2,5-6,11-14,19-20H,3-4,7-10,15-18H2,1H3,(H,27,32)(H,28,31). The maximum atomic E-state index is 13.3. The second-order valence-corrected chi connectivity index (χ2v) is 11.2. The zero-order valence-corrected chi connectivity index (χ0v) is 21.0. The highest BCUT2D eigenvalue weighted by atomic mass is 32.2. The van der Waals surface area contributed by atoms with Gasteiger partial charge >= 0.3 is 0 Å². The van der Waals surface area contributed by atoms with E-state index in [9.17, 15) is 18.0 Å². The molecule has 0 bridgehead atoms. The van der Waals surface area contributed by atoms with Gasteiger partial charge in [0, 0.05) is 31.7 Å². The predicted molar refractivity (Wildman–Crippen MR) is 137 cm³/mol. The normalized spacial score (nSPS) is 18.0. The van der Waals surface area contributed by atoms with Crippen molar-refractivity contribution < 1.29 is 18.0 Å². The van der Waals surface area contributed by atoms with Gasteiger partial charge in [0.25, 0.3) is 5.91 Å². The van der Waals surface area contributed by atoms with E-state index in [1.807, 2.05) is 6.07 Å². The van der Waals surface area contributed by atoms with Crippen molar-refractivity contribution >= 4 is 33.2 Å². The lowest BCUT2D eigenvalue weighted by Crippen LogP contribution is -2.42. The lowest BCUT2D eigenvalue weighted by Gasteiger charge is -2.31. The van der Waals surface area contributed by atoms with Crippen molar-refractivity contribution in [2.45, 2.75) is 56.4 Å². The molecule has 1 unspecified atom stereocenters. The number of anilines is 2. The molecule has 2 amide bonds. The predicted octanol–water partition coefficient (Wildman–Crippen LogP) is 3.61. The Hall–Kier alpha value is -2.91. The summed E-state index contributed by atoms with van der Waals surface area (Å²) in [5.41, 5.74) is 1.73. The summed E-state index contributed by atoms with van der Waals surface area (Å²) in [5, 5.41) is 5.62. The molecule has 2 heterocycles. The van der Waals surface area contributed by atoms with Gasteiger partial charge in [0.1, 0.15) is 6.04 Å². The summed E-state index contributed by atoms with van der Waals surface area (Å²) < 4.78 is 28.1. The third-order valence-corrected chi connectivity index (χ3v) is 8.55. The number of nitrogens with zero attached hydrogens (tertiary/aromatic N) is 2. The van der Waals surface area contributed by atoms with Gasteiger partial charge in [-0.3, -0.25) is 9.59 Å². The molecular weight excluding hydrogens is 464 g/mol. The van der Waals surface area contributed by atoms with E-state index < -0.39 is 22.0 Å². The van der Waals surface area contributed by atoms with Crippen molar-refractivity contribution in [1.82, 2.24) is 9.62 Å². The first-order valence-corrected chi connectivity index (χ1v) is 13.9. The Labute approximate surface area is 207 Å². The molecule has 2 aliphatic heterocycles. The third kappa shape index (κ3) is 6.02. The lowest BCUT2D eigenvalue weighted by atomic mass is 10.1. The van der Waals surface area contributed by atoms with Gasteiger partial charge in [0.05, 0.1) is 16.3 Å². The maximum absolute atomic E-state index is 13.3. The number of nitrogens with one attached hydrogen (secondary N) is 2. The Bertz CT molecular complexity index is 1140. The molecule has 2 aliphatic rings. The van der Waals surface area contributed by atoms with Crippen molar-refractivity contribution in [2.24, 2.45) is 0 Å². The quantitative estimate of drug-likeness (QED) is 0.608. The molecule has 2 aromatic carbocycles. The van der Waals surface area contributed by atoms with E-state index in [0.717, 1.165) is 57.3 Å². The molecule has 0 aliphatic carbocycles. The van der Waals surface area contributed by atoms with Crippen LogP contribution in [0.5, 0.6) is 0 Å². The third-order valence-electron chi connectivity index (χ3n) is 6.65. The smallest absolute Gasteiger partial charge is 0.251 e. The molecule has 2 N–H and O–H groups in total. The summed E-state index contributed by atoms with van der Waals surface area (Å²) in [6.07, 6.45) is 5.99. The van der Waals surface area contributed by atoms with Gasteiger partial charge in [-0.05, 0) is 69.4 Å². The van der Waals surface area contributed by atoms with Gasteiger partial charge in [-0.2, -0.15) is 4.31 Å². The average Bonchev–Trinajstić information content (AvgIpc) is 2.90. The number of rotatable bonds is 7. The van der Waals surface area contributed by atoms with Crippen molar-refractivity contribution in [2.75, 3.05) is 36.4 Å². The number of amides is 2. The van der Waals surface area contributed by atoms with Crippen LogP contribution in [0.2, 0.25) is 0 Å². The summed E-state index contributed by atoms with van der Waals surface area (Å²) in [6, 6.07) is 12.9. The Kier molecular flexibility index (Phi) is 8.07. The van der Waals surface area contributed by atoms with Gasteiger partial charge in [0.15, 0.2) is 0 Å². The van der Waals surface area contributed by atoms with Crippen LogP contribution in [0.15, 0.2) is 53.4 Å². The highest BCUT2D eigenvalue weighted by molar-refractivity contribution is 7.89. The molecule has 0 spiro atoms. The molecular formula is C26H34N4O4S. The highest BCUT2D eigenvalue weighted by Gasteiger charge is 2.28. The summed E-state index contributed by atoms with van der Waals surface area (Å²) in [5.74, 6) is -0.744. The maximum Gasteiger partial charge on any atom is 0.251 e. The van der Waals surface area contributed by atoms with Crippen LogP contribution < -0.4 is 15.5 Å². The van der Waals surface area contributed by atoms with Crippen LogP contribution in [0.1, 0.15) is 55.8 Å². The fourth-order valence-corrected chi connectivity index (χ4v) is 6.16. The molecule has 0 saturated carbocycles. The fourth-order valence-electron chi connectivity index (χ4n) is 4.62. The SMILES string of the molecule is CC(NC(=O)c1ccccc1)C(=O)Nc1cc(S(=O)(=O)N2CCCCC2)ccc1N1CCCCC1. The highest BCUT2D eigenvalue weighted by Crippen LogP contribution is 2.32. The van der Waals surface area contributed by atoms with E-state index in [1.54, 1.807) is 49.4 Å². The molecule has 8 nitrogen and oxygen atoms in total. The van der Waals surface area contributed by atoms with E-state index in [-0.39, 0.29) is 10.8 Å². The van der Waals surface area contributed by atoms with Crippen molar-refractivity contribution in [3.8, 4) is 0 Å². The summed E-state index contributed by atoms with van der Waals surface area (Å²) in [6.45, 7) is 4.34. The van der Waals surface area contributed by atoms with Crippen LogP contribution in [0.25, 0.3) is 0 Å². The second kappa shape index (κ2) is 11.2. The minimum atomic E-state index is -3.65. The molecule has 1 atom stereocenters. The first kappa shape index (κ1) is 25.2. The monoisotopic (exact) mass is 498 g/mol. The van der Waals surface area contributed by atoms with Gasteiger partial charge in [0.2, 0.25) is 15.9 Å². The van der Waals surface area contributed by atoms with Gasteiger partial charge in [-0.15, -0.1) is 0 Å². The minimum Gasteiger partial charge on any atom is -0.370 e. The number of hydrogen-bond donors (Lipinski definition) is 2. The molecule has 4 rings (SSSR count). The topological polar surface area (TPSA) is 98.8 Å². The number of piperidine rings is 2. The molecule has 9 heteroatoms. The van der Waals surface area contributed by atoms with Gasteiger partial charge in [-0.1, -0.05) is 24.6 Å². The van der Waals surface area contributed by atoms with Crippen LogP contribution in [0.4, 0.5) is 11.4 Å². The molecule has 2 saturated heterocycles. The summed E-state index contributed by atoms with van der Waals surface area (Å²) in [4.78, 5) is 27.9. The van der Waals surface area contributed by atoms with Gasteiger partial charge in [-0.25, -0.2) is 8.42 Å². The molecule has 0 aromatic heterocycles. The zero-order chi connectivity index (χ0) is 24.8. The summed E-state index contributed by atoms with van der Waals surface area (Å²) in [7, 11) is -3.65. The number of benzene rings is 2. The number of sulfonamides is 1.